The molecule has 0 aliphatic carbocycles. The molecule has 0 fully saturated rings. The highest BCUT2D eigenvalue weighted by atomic mass is 28.3. The van der Waals surface area contributed by atoms with Crippen LogP contribution in [0.15, 0.2) is 60.7 Å². The molecule has 0 heterocycles. The third-order valence-electron chi connectivity index (χ3n) is 4.58. The molecule has 0 radical (unpaired) electrons. The van der Waals surface area contributed by atoms with Crippen LogP contribution < -0.4 is 0 Å². The second-order valence-electron chi connectivity index (χ2n) is 6.41. The number of benzene rings is 2. The van der Waals surface area contributed by atoms with E-state index < -0.39 is 0 Å². The van der Waals surface area contributed by atoms with Gasteiger partial charge in [0.25, 0.3) is 0 Å². The monoisotopic (exact) mass is 326 g/mol. The third kappa shape index (κ3) is 6.76. The van der Waals surface area contributed by atoms with Gasteiger partial charge in [-0.2, -0.15) is 0 Å². The lowest BCUT2D eigenvalue weighted by Gasteiger charge is -2.16. The van der Waals surface area contributed by atoms with Gasteiger partial charge in [0.2, 0.25) is 0 Å². The molecule has 0 spiro atoms. The second-order valence-corrected chi connectivity index (χ2v) is 12.0. The van der Waals surface area contributed by atoms with Crippen LogP contribution in [0.4, 0.5) is 0 Å². The summed E-state index contributed by atoms with van der Waals surface area (Å²) >= 11 is 0. The standard InChI is InChI=1S/C20H30Si2/c1-2-3-6-15-20(21-16-18-11-7-4-8-12-18)22-17-19-13-9-5-10-14-19/h4-5,7-14,20H,2-3,6,15-17,21-22H2,1H3. The minimum atomic E-state index is 0.0449. The zero-order valence-electron chi connectivity index (χ0n) is 14.0. The Morgan fingerprint density at radius 2 is 1.23 bits per heavy atom. The van der Waals surface area contributed by atoms with Crippen molar-refractivity contribution in [3.8, 4) is 0 Å². The SMILES string of the molecule is CCCCCC([SiH2]Cc1ccccc1)[SiH2]Cc1ccccc1. The van der Waals surface area contributed by atoms with Crippen molar-refractivity contribution in [2.45, 2.75) is 49.9 Å². The van der Waals surface area contributed by atoms with E-state index >= 15 is 0 Å². The van der Waals surface area contributed by atoms with E-state index in [9.17, 15) is 0 Å². The summed E-state index contributed by atoms with van der Waals surface area (Å²) in [6.07, 6.45) is 5.76. The number of unbranched alkanes of at least 4 members (excludes halogenated alkanes) is 2. The molecule has 118 valence electrons. The van der Waals surface area contributed by atoms with Gasteiger partial charge in [-0.25, -0.2) is 0 Å². The van der Waals surface area contributed by atoms with Crippen molar-refractivity contribution in [2.75, 3.05) is 0 Å². The van der Waals surface area contributed by atoms with E-state index in [2.05, 4.69) is 67.6 Å². The predicted molar refractivity (Wildman–Crippen MR) is 105 cm³/mol. The first-order valence-corrected chi connectivity index (χ1v) is 12.6. The van der Waals surface area contributed by atoms with Gasteiger partial charge in [-0.15, -0.1) is 0 Å². The molecule has 0 saturated carbocycles. The zero-order chi connectivity index (χ0) is 15.5. The smallest absolute Gasteiger partial charge is 0.0247 e. The highest BCUT2D eigenvalue weighted by Crippen LogP contribution is 2.17. The van der Waals surface area contributed by atoms with Crippen LogP contribution in [0.5, 0.6) is 0 Å². The maximum absolute atomic E-state index is 2.32. The van der Waals surface area contributed by atoms with Crippen molar-refractivity contribution >= 4 is 19.0 Å². The van der Waals surface area contributed by atoms with Gasteiger partial charge in [0, 0.05) is 19.0 Å². The normalized spacial score (nSPS) is 13.3. The van der Waals surface area contributed by atoms with Crippen molar-refractivity contribution in [3.63, 3.8) is 0 Å². The van der Waals surface area contributed by atoms with Crippen LogP contribution in [0.2, 0.25) is 5.16 Å². The minimum absolute atomic E-state index is 0.0449. The Morgan fingerprint density at radius 3 is 1.68 bits per heavy atom. The van der Waals surface area contributed by atoms with Gasteiger partial charge in [0.15, 0.2) is 0 Å². The van der Waals surface area contributed by atoms with Gasteiger partial charge in [-0.1, -0.05) is 110 Å². The molecule has 2 aromatic rings. The lowest BCUT2D eigenvalue weighted by Crippen LogP contribution is -2.16. The molecule has 2 heteroatoms. The summed E-state index contributed by atoms with van der Waals surface area (Å²) in [5.74, 6) is 0. The van der Waals surface area contributed by atoms with Crippen molar-refractivity contribution in [1.82, 2.24) is 0 Å². The minimum Gasteiger partial charge on any atom is -0.0654 e. The molecule has 0 unspecified atom stereocenters. The lowest BCUT2D eigenvalue weighted by atomic mass is 10.2. The van der Waals surface area contributed by atoms with E-state index in [0.29, 0.717) is 0 Å². The van der Waals surface area contributed by atoms with Crippen molar-refractivity contribution in [1.29, 1.82) is 0 Å². The van der Waals surface area contributed by atoms with Crippen LogP contribution >= 0.6 is 0 Å². The first-order chi connectivity index (χ1) is 10.9. The molecule has 0 bridgehead atoms. The molecular weight excluding hydrogens is 296 g/mol. The molecule has 0 atom stereocenters. The van der Waals surface area contributed by atoms with Crippen molar-refractivity contribution in [3.05, 3.63) is 71.8 Å². The summed E-state index contributed by atoms with van der Waals surface area (Å²) in [6.45, 7) is 2.32. The fourth-order valence-corrected chi connectivity index (χ4v) is 8.83. The van der Waals surface area contributed by atoms with Gasteiger partial charge in [-0.05, 0) is 12.1 Å². The number of rotatable bonds is 10. The number of hydrogen-bond acceptors (Lipinski definition) is 0. The molecule has 0 aromatic heterocycles. The van der Waals surface area contributed by atoms with Crippen LogP contribution in [-0.2, 0) is 12.1 Å². The van der Waals surface area contributed by atoms with Crippen molar-refractivity contribution < 1.29 is 0 Å². The van der Waals surface area contributed by atoms with Gasteiger partial charge in [-0.3, -0.25) is 0 Å². The van der Waals surface area contributed by atoms with Crippen LogP contribution in [-0.4, -0.2) is 19.0 Å². The Morgan fingerprint density at radius 1 is 0.727 bits per heavy atom. The molecule has 2 rings (SSSR count). The molecule has 2 aromatic carbocycles. The Labute approximate surface area is 141 Å². The maximum Gasteiger partial charge on any atom is 0.0247 e. The summed E-state index contributed by atoms with van der Waals surface area (Å²) in [5, 5.41) is 1.15. The number of hydrogen-bond donors (Lipinski definition) is 0. The Hall–Kier alpha value is -1.13. The molecule has 22 heavy (non-hydrogen) atoms. The quantitative estimate of drug-likeness (QED) is 0.456. The van der Waals surface area contributed by atoms with E-state index in [-0.39, 0.29) is 19.0 Å². The highest BCUT2D eigenvalue weighted by Gasteiger charge is 2.10. The molecule has 0 nitrogen and oxygen atoms in total. The zero-order valence-corrected chi connectivity index (χ0v) is 16.8. The predicted octanol–water partition coefficient (Wildman–Crippen LogP) is 4.05. The molecule has 0 aliphatic heterocycles. The van der Waals surface area contributed by atoms with Crippen molar-refractivity contribution in [2.24, 2.45) is 0 Å². The third-order valence-corrected chi connectivity index (χ3v) is 11.2. The van der Waals surface area contributed by atoms with Gasteiger partial charge in [0.1, 0.15) is 0 Å². The summed E-state index contributed by atoms with van der Waals surface area (Å²) in [6, 6.07) is 25.1. The van der Waals surface area contributed by atoms with E-state index in [0.717, 1.165) is 5.16 Å². The fraction of sp³-hybridized carbons (Fsp3) is 0.400. The first kappa shape index (κ1) is 17.2. The second kappa shape index (κ2) is 10.6. The van der Waals surface area contributed by atoms with Gasteiger partial charge in [0.05, 0.1) is 0 Å². The van der Waals surface area contributed by atoms with Crippen LogP contribution in [0.1, 0.15) is 43.7 Å². The Bertz CT molecular complexity index is 452. The first-order valence-electron chi connectivity index (χ1n) is 8.96. The fourth-order valence-electron chi connectivity index (χ4n) is 3.15. The van der Waals surface area contributed by atoms with Gasteiger partial charge >= 0.3 is 0 Å². The average Bonchev–Trinajstić information content (AvgIpc) is 2.59. The summed E-state index contributed by atoms with van der Waals surface area (Å²) in [5.41, 5.74) is 3.15. The molecular formula is C20H30Si2. The molecule has 0 saturated heterocycles. The van der Waals surface area contributed by atoms with E-state index in [1.807, 2.05) is 0 Å². The average molecular weight is 327 g/mol. The summed E-state index contributed by atoms with van der Waals surface area (Å²) in [7, 11) is 0.0898. The van der Waals surface area contributed by atoms with Gasteiger partial charge < -0.3 is 0 Å². The topological polar surface area (TPSA) is 0 Å². The van der Waals surface area contributed by atoms with Crippen LogP contribution in [0, 0.1) is 0 Å². The van der Waals surface area contributed by atoms with Crippen LogP contribution in [0.25, 0.3) is 0 Å². The maximum atomic E-state index is 2.32. The molecule has 0 N–H and O–H groups in total. The summed E-state index contributed by atoms with van der Waals surface area (Å²) in [4.78, 5) is 0. The largest absolute Gasteiger partial charge is 0.0654 e. The molecule has 0 amide bonds. The van der Waals surface area contributed by atoms with E-state index in [1.54, 1.807) is 11.1 Å². The Balaban J connectivity index is 1.82. The molecule has 0 aliphatic rings. The Kier molecular flexibility index (Phi) is 8.28. The van der Waals surface area contributed by atoms with E-state index in [4.69, 9.17) is 0 Å². The van der Waals surface area contributed by atoms with E-state index in [1.165, 1.54) is 37.8 Å². The van der Waals surface area contributed by atoms with Crippen LogP contribution in [0.3, 0.4) is 0 Å². The highest BCUT2D eigenvalue weighted by molar-refractivity contribution is 6.58. The lowest BCUT2D eigenvalue weighted by molar-refractivity contribution is 0.684. The summed E-state index contributed by atoms with van der Waals surface area (Å²) < 4.78 is 0.